The van der Waals surface area contributed by atoms with Gasteiger partial charge in [-0.3, -0.25) is 0 Å². The van der Waals surface area contributed by atoms with Crippen LogP contribution in [0, 0.1) is 0 Å². The zero-order valence-electron chi connectivity index (χ0n) is 17.3. The molecule has 0 spiro atoms. The first-order chi connectivity index (χ1) is 13.7. The molecule has 1 unspecified atom stereocenters. The quantitative estimate of drug-likeness (QED) is 0.783. The molecule has 3 rings (SSSR count). The van der Waals surface area contributed by atoms with Gasteiger partial charge in [-0.2, -0.15) is 0 Å². The van der Waals surface area contributed by atoms with Crippen LogP contribution in [0.2, 0.25) is 0 Å². The first-order valence-electron chi connectivity index (χ1n) is 9.83. The Hall–Kier alpha value is -3.02. The summed E-state index contributed by atoms with van der Waals surface area (Å²) in [4.78, 5) is 23.9. The summed E-state index contributed by atoms with van der Waals surface area (Å²) in [5.74, 6) is 0.0189. The van der Waals surface area contributed by atoms with Gasteiger partial charge in [0.25, 0.3) is 0 Å². The second-order valence-corrected chi connectivity index (χ2v) is 8.25. The van der Waals surface area contributed by atoms with Crippen LogP contribution in [0.3, 0.4) is 0 Å². The summed E-state index contributed by atoms with van der Waals surface area (Å²) in [6, 6.07) is 16.1. The van der Waals surface area contributed by atoms with Gasteiger partial charge in [0.05, 0.1) is 0 Å². The number of carbonyl (C=O) groups excluding carboxylic acids is 2. The summed E-state index contributed by atoms with van der Waals surface area (Å²) in [5, 5.41) is 5.37. The molecule has 154 valence electrons. The highest BCUT2D eigenvalue weighted by molar-refractivity contribution is 5.79. The number of carbonyl (C=O) groups is 2. The molecule has 29 heavy (non-hydrogen) atoms. The number of ether oxygens (including phenoxy) is 2. The predicted molar refractivity (Wildman–Crippen MR) is 112 cm³/mol. The highest BCUT2D eigenvalue weighted by Gasteiger charge is 2.29. The third-order valence-electron chi connectivity index (χ3n) is 4.66. The van der Waals surface area contributed by atoms with Gasteiger partial charge in [0.15, 0.2) is 0 Å². The van der Waals surface area contributed by atoms with Gasteiger partial charge in [-0.05, 0) is 49.9 Å². The fraction of sp³-hybridized carbons (Fsp3) is 0.391. The van der Waals surface area contributed by atoms with Crippen molar-refractivity contribution in [3.63, 3.8) is 0 Å². The van der Waals surface area contributed by atoms with Crippen LogP contribution in [0.15, 0.2) is 48.5 Å². The van der Waals surface area contributed by atoms with E-state index in [1.807, 2.05) is 24.3 Å². The van der Waals surface area contributed by atoms with E-state index >= 15 is 0 Å². The van der Waals surface area contributed by atoms with Gasteiger partial charge < -0.3 is 20.1 Å². The molecule has 2 aromatic rings. The Bertz CT molecular complexity index is 843. The fourth-order valence-electron chi connectivity index (χ4n) is 3.45. The minimum absolute atomic E-state index is 0.0189. The van der Waals surface area contributed by atoms with Crippen molar-refractivity contribution in [2.75, 3.05) is 13.2 Å². The van der Waals surface area contributed by atoms with E-state index in [2.05, 4.69) is 34.9 Å². The number of amides is 2. The molecule has 0 saturated heterocycles. The van der Waals surface area contributed by atoms with Crippen molar-refractivity contribution in [2.24, 2.45) is 0 Å². The molecule has 1 aliphatic carbocycles. The second kappa shape index (κ2) is 8.55. The van der Waals surface area contributed by atoms with E-state index in [1.165, 1.54) is 22.3 Å². The minimum Gasteiger partial charge on any atom is -0.449 e. The first-order valence-corrected chi connectivity index (χ1v) is 9.83. The monoisotopic (exact) mass is 396 g/mol. The Morgan fingerprint density at radius 3 is 2.07 bits per heavy atom. The third kappa shape index (κ3) is 5.28. The van der Waals surface area contributed by atoms with E-state index in [0.29, 0.717) is 0 Å². The molecule has 0 aromatic heterocycles. The van der Waals surface area contributed by atoms with Crippen LogP contribution in [0.5, 0.6) is 0 Å². The van der Waals surface area contributed by atoms with Crippen molar-refractivity contribution in [3.05, 3.63) is 59.7 Å². The summed E-state index contributed by atoms with van der Waals surface area (Å²) in [7, 11) is 0. The summed E-state index contributed by atoms with van der Waals surface area (Å²) < 4.78 is 10.7. The Morgan fingerprint density at radius 2 is 1.52 bits per heavy atom. The van der Waals surface area contributed by atoms with E-state index in [0.717, 1.165) is 0 Å². The van der Waals surface area contributed by atoms with Gasteiger partial charge in [0, 0.05) is 18.5 Å². The molecule has 6 heteroatoms. The highest BCUT2D eigenvalue weighted by atomic mass is 16.6. The molecular weight excluding hydrogens is 368 g/mol. The second-order valence-electron chi connectivity index (χ2n) is 8.25. The molecule has 0 heterocycles. The molecular formula is C23H28N2O4. The maximum Gasteiger partial charge on any atom is 0.407 e. The Balaban J connectivity index is 1.51. The Labute approximate surface area is 171 Å². The van der Waals surface area contributed by atoms with Crippen molar-refractivity contribution < 1.29 is 19.1 Å². The fourth-order valence-corrected chi connectivity index (χ4v) is 3.45. The molecule has 2 amide bonds. The van der Waals surface area contributed by atoms with Gasteiger partial charge in [-0.1, -0.05) is 48.5 Å². The SMILES string of the molecule is CC(CNC(=O)OCC1c2ccccc2-c2ccccc21)NC(=O)OC(C)(C)C. The number of hydrogen-bond donors (Lipinski definition) is 2. The van der Waals surface area contributed by atoms with Gasteiger partial charge in [-0.15, -0.1) is 0 Å². The summed E-state index contributed by atoms with van der Waals surface area (Å²) >= 11 is 0. The van der Waals surface area contributed by atoms with Crippen LogP contribution in [-0.2, 0) is 9.47 Å². The smallest absolute Gasteiger partial charge is 0.407 e. The molecule has 0 bridgehead atoms. The Morgan fingerprint density at radius 1 is 0.966 bits per heavy atom. The van der Waals surface area contributed by atoms with Gasteiger partial charge >= 0.3 is 12.2 Å². The van der Waals surface area contributed by atoms with E-state index in [9.17, 15) is 9.59 Å². The lowest BCUT2D eigenvalue weighted by Gasteiger charge is -2.22. The van der Waals surface area contributed by atoms with E-state index in [4.69, 9.17) is 9.47 Å². The zero-order valence-corrected chi connectivity index (χ0v) is 17.3. The van der Waals surface area contributed by atoms with Crippen molar-refractivity contribution in [1.82, 2.24) is 10.6 Å². The summed E-state index contributed by atoms with van der Waals surface area (Å²) in [6.07, 6.45) is -1.02. The number of benzene rings is 2. The standard InChI is InChI=1S/C23H28N2O4/c1-15(25-22(27)29-23(2,3)4)13-24-21(26)28-14-20-18-11-7-5-9-16(18)17-10-6-8-12-19(17)20/h5-12,15,20H,13-14H2,1-4H3,(H,24,26)(H,25,27). The average molecular weight is 396 g/mol. The van der Waals surface area contributed by atoms with E-state index < -0.39 is 17.8 Å². The number of fused-ring (bicyclic) bond motifs is 3. The number of rotatable bonds is 5. The van der Waals surface area contributed by atoms with Crippen molar-refractivity contribution in [3.8, 4) is 11.1 Å². The lowest BCUT2D eigenvalue weighted by molar-refractivity contribution is 0.0506. The molecule has 1 aliphatic rings. The number of hydrogen-bond acceptors (Lipinski definition) is 4. The molecule has 0 fully saturated rings. The number of alkyl carbamates (subject to hydrolysis) is 2. The van der Waals surface area contributed by atoms with Crippen LogP contribution in [0.1, 0.15) is 44.7 Å². The molecule has 2 N–H and O–H groups in total. The highest BCUT2D eigenvalue weighted by Crippen LogP contribution is 2.44. The lowest BCUT2D eigenvalue weighted by atomic mass is 9.98. The zero-order chi connectivity index (χ0) is 21.0. The van der Waals surface area contributed by atoms with E-state index in [-0.39, 0.29) is 25.1 Å². The average Bonchev–Trinajstić information content (AvgIpc) is 2.97. The summed E-state index contributed by atoms with van der Waals surface area (Å²) in [6.45, 7) is 7.68. The van der Waals surface area contributed by atoms with Crippen molar-refractivity contribution >= 4 is 12.2 Å². The molecule has 0 saturated carbocycles. The normalized spacial score (nSPS) is 13.8. The molecule has 0 radical (unpaired) electrons. The van der Waals surface area contributed by atoms with Crippen molar-refractivity contribution in [1.29, 1.82) is 0 Å². The number of nitrogens with one attached hydrogen (secondary N) is 2. The molecule has 1 atom stereocenters. The lowest BCUT2D eigenvalue weighted by Crippen LogP contribution is -2.44. The Kier molecular flexibility index (Phi) is 6.11. The van der Waals surface area contributed by atoms with Gasteiger partial charge in [0.1, 0.15) is 12.2 Å². The van der Waals surface area contributed by atoms with Crippen LogP contribution in [0.25, 0.3) is 11.1 Å². The van der Waals surface area contributed by atoms with Crippen LogP contribution >= 0.6 is 0 Å². The van der Waals surface area contributed by atoms with Crippen molar-refractivity contribution in [2.45, 2.75) is 45.3 Å². The van der Waals surface area contributed by atoms with E-state index in [1.54, 1.807) is 27.7 Å². The maximum absolute atomic E-state index is 12.2. The topological polar surface area (TPSA) is 76.7 Å². The maximum atomic E-state index is 12.2. The predicted octanol–water partition coefficient (Wildman–Crippen LogP) is 4.44. The minimum atomic E-state index is -0.565. The summed E-state index contributed by atoms with van der Waals surface area (Å²) in [5.41, 5.74) is 4.15. The van der Waals surface area contributed by atoms with Gasteiger partial charge in [-0.25, -0.2) is 9.59 Å². The van der Waals surface area contributed by atoms with Crippen LogP contribution in [0.4, 0.5) is 9.59 Å². The molecule has 6 nitrogen and oxygen atoms in total. The van der Waals surface area contributed by atoms with Gasteiger partial charge in [0.2, 0.25) is 0 Å². The first kappa shape index (κ1) is 20.7. The largest absolute Gasteiger partial charge is 0.449 e. The molecule has 0 aliphatic heterocycles. The van der Waals surface area contributed by atoms with Crippen LogP contribution in [-0.4, -0.2) is 37.0 Å². The molecule has 2 aromatic carbocycles. The third-order valence-corrected chi connectivity index (χ3v) is 4.66. The van der Waals surface area contributed by atoms with Crippen LogP contribution < -0.4 is 10.6 Å².